The molecule has 0 amide bonds. The molecule has 1 heterocycles. The monoisotopic (exact) mass is 276 g/mol. The van der Waals surface area contributed by atoms with Gasteiger partial charge in [-0.1, -0.05) is 36.4 Å². The highest BCUT2D eigenvalue weighted by Gasteiger charge is 2.20. The SMILES string of the molecule is c1cc(NC2Cc3ccccc3C2)cc(-c2ncn[nH]2)c1. The second-order valence-electron chi connectivity index (χ2n) is 5.43. The molecule has 21 heavy (non-hydrogen) atoms. The van der Waals surface area contributed by atoms with Crippen molar-refractivity contribution >= 4 is 5.69 Å². The lowest BCUT2D eigenvalue weighted by atomic mass is 10.1. The van der Waals surface area contributed by atoms with E-state index in [-0.39, 0.29) is 0 Å². The molecule has 0 atom stereocenters. The Balaban J connectivity index is 1.53. The lowest BCUT2D eigenvalue weighted by molar-refractivity contribution is 0.774. The molecule has 0 saturated carbocycles. The molecule has 0 fully saturated rings. The summed E-state index contributed by atoms with van der Waals surface area (Å²) in [4.78, 5) is 4.20. The molecular weight excluding hydrogens is 260 g/mol. The van der Waals surface area contributed by atoms with Crippen LogP contribution < -0.4 is 5.32 Å². The fraction of sp³-hybridized carbons (Fsp3) is 0.176. The van der Waals surface area contributed by atoms with Crippen molar-refractivity contribution in [1.29, 1.82) is 0 Å². The normalized spacial score (nSPS) is 14.1. The molecule has 1 aliphatic rings. The van der Waals surface area contributed by atoms with E-state index < -0.39 is 0 Å². The molecular formula is C17H16N4. The molecule has 4 rings (SSSR count). The van der Waals surface area contributed by atoms with Crippen molar-refractivity contribution in [3.63, 3.8) is 0 Å². The van der Waals surface area contributed by atoms with Crippen LogP contribution in [0.3, 0.4) is 0 Å². The van der Waals surface area contributed by atoms with Crippen molar-refractivity contribution in [3.05, 3.63) is 66.0 Å². The minimum absolute atomic E-state index is 0.465. The van der Waals surface area contributed by atoms with Crippen molar-refractivity contribution in [2.75, 3.05) is 5.32 Å². The van der Waals surface area contributed by atoms with Crippen molar-refractivity contribution in [2.45, 2.75) is 18.9 Å². The van der Waals surface area contributed by atoms with Gasteiger partial charge in [-0.05, 0) is 36.1 Å². The summed E-state index contributed by atoms with van der Waals surface area (Å²) >= 11 is 0. The molecule has 1 aromatic heterocycles. The molecule has 2 aromatic carbocycles. The molecule has 0 bridgehead atoms. The zero-order valence-electron chi connectivity index (χ0n) is 11.6. The smallest absolute Gasteiger partial charge is 0.155 e. The van der Waals surface area contributed by atoms with Crippen LogP contribution in [0.5, 0.6) is 0 Å². The van der Waals surface area contributed by atoms with Crippen LogP contribution in [0.25, 0.3) is 11.4 Å². The first-order chi connectivity index (χ1) is 10.4. The Labute approximate surface area is 123 Å². The summed E-state index contributed by atoms with van der Waals surface area (Å²) in [6.07, 6.45) is 3.70. The van der Waals surface area contributed by atoms with Crippen LogP contribution in [0.15, 0.2) is 54.9 Å². The van der Waals surface area contributed by atoms with E-state index in [9.17, 15) is 0 Å². The van der Waals surface area contributed by atoms with Gasteiger partial charge in [0.2, 0.25) is 0 Å². The van der Waals surface area contributed by atoms with Crippen molar-refractivity contribution in [2.24, 2.45) is 0 Å². The van der Waals surface area contributed by atoms with Gasteiger partial charge in [-0.2, -0.15) is 5.10 Å². The van der Waals surface area contributed by atoms with E-state index in [2.05, 4.69) is 56.9 Å². The Morgan fingerprint density at radius 3 is 2.52 bits per heavy atom. The zero-order valence-corrected chi connectivity index (χ0v) is 11.6. The number of anilines is 1. The van der Waals surface area contributed by atoms with Crippen molar-refractivity contribution in [3.8, 4) is 11.4 Å². The van der Waals surface area contributed by atoms with Gasteiger partial charge in [-0.25, -0.2) is 4.98 Å². The van der Waals surface area contributed by atoms with Gasteiger partial charge in [0.25, 0.3) is 0 Å². The predicted octanol–water partition coefficient (Wildman–Crippen LogP) is 3.05. The van der Waals surface area contributed by atoms with Crippen molar-refractivity contribution in [1.82, 2.24) is 15.2 Å². The number of fused-ring (bicyclic) bond motifs is 1. The van der Waals surface area contributed by atoms with Crippen LogP contribution in [0.1, 0.15) is 11.1 Å². The second kappa shape index (κ2) is 5.05. The first-order valence-electron chi connectivity index (χ1n) is 7.17. The summed E-state index contributed by atoms with van der Waals surface area (Å²) in [7, 11) is 0. The average molecular weight is 276 g/mol. The third-order valence-electron chi connectivity index (χ3n) is 3.97. The van der Waals surface area contributed by atoms with Gasteiger partial charge in [-0.3, -0.25) is 5.10 Å². The van der Waals surface area contributed by atoms with E-state index in [1.54, 1.807) is 0 Å². The molecule has 0 aliphatic heterocycles. The Hall–Kier alpha value is -2.62. The standard InChI is InChI=1S/C17H16N4/c1-2-5-13-9-16(8-12(13)4-1)20-15-7-3-6-14(10-15)17-18-11-19-21-17/h1-7,10-11,16,20H,8-9H2,(H,18,19,21). The number of hydrogen-bond donors (Lipinski definition) is 2. The molecule has 3 aromatic rings. The van der Waals surface area contributed by atoms with E-state index in [4.69, 9.17) is 0 Å². The first-order valence-corrected chi connectivity index (χ1v) is 7.17. The summed E-state index contributed by atoms with van der Waals surface area (Å²) in [6.45, 7) is 0. The number of aromatic amines is 1. The lowest BCUT2D eigenvalue weighted by Crippen LogP contribution is -2.19. The van der Waals surface area contributed by atoms with E-state index in [0.29, 0.717) is 6.04 Å². The maximum Gasteiger partial charge on any atom is 0.155 e. The number of aromatic nitrogens is 3. The summed E-state index contributed by atoms with van der Waals surface area (Å²) in [6, 6.07) is 17.4. The Morgan fingerprint density at radius 1 is 1.00 bits per heavy atom. The van der Waals surface area contributed by atoms with Crippen LogP contribution in [0, 0.1) is 0 Å². The quantitative estimate of drug-likeness (QED) is 0.773. The number of benzene rings is 2. The molecule has 4 nitrogen and oxygen atoms in total. The highest BCUT2D eigenvalue weighted by molar-refractivity contribution is 5.62. The molecule has 104 valence electrons. The van der Waals surface area contributed by atoms with Crippen LogP contribution in [-0.2, 0) is 12.8 Å². The molecule has 0 spiro atoms. The zero-order chi connectivity index (χ0) is 14.1. The van der Waals surface area contributed by atoms with E-state index in [1.807, 2.05) is 12.1 Å². The maximum absolute atomic E-state index is 4.20. The van der Waals surface area contributed by atoms with Gasteiger partial charge in [0, 0.05) is 17.3 Å². The van der Waals surface area contributed by atoms with E-state index >= 15 is 0 Å². The van der Waals surface area contributed by atoms with Crippen molar-refractivity contribution < 1.29 is 0 Å². The second-order valence-corrected chi connectivity index (χ2v) is 5.43. The topological polar surface area (TPSA) is 53.6 Å². The fourth-order valence-electron chi connectivity index (χ4n) is 3.00. The fourth-order valence-corrected chi connectivity index (χ4v) is 3.00. The number of hydrogen-bond acceptors (Lipinski definition) is 3. The van der Waals surface area contributed by atoms with Gasteiger partial charge in [0.05, 0.1) is 0 Å². The predicted molar refractivity (Wildman–Crippen MR) is 83.1 cm³/mol. The molecule has 0 saturated heterocycles. The minimum Gasteiger partial charge on any atom is -0.382 e. The molecule has 1 aliphatic carbocycles. The molecule has 0 unspecified atom stereocenters. The van der Waals surface area contributed by atoms with E-state index in [1.165, 1.54) is 17.5 Å². The molecule has 2 N–H and O–H groups in total. The average Bonchev–Trinajstić information content (AvgIpc) is 3.16. The van der Waals surface area contributed by atoms with Gasteiger partial charge >= 0.3 is 0 Å². The highest BCUT2D eigenvalue weighted by atomic mass is 15.2. The number of rotatable bonds is 3. The van der Waals surface area contributed by atoms with Gasteiger partial charge in [-0.15, -0.1) is 0 Å². The summed E-state index contributed by atoms with van der Waals surface area (Å²) < 4.78 is 0. The first kappa shape index (κ1) is 12.1. The molecule has 0 radical (unpaired) electrons. The number of H-pyrrole nitrogens is 1. The third kappa shape index (κ3) is 2.40. The summed E-state index contributed by atoms with van der Waals surface area (Å²) in [5.74, 6) is 0.799. The maximum atomic E-state index is 4.20. The lowest BCUT2D eigenvalue weighted by Gasteiger charge is -2.14. The van der Waals surface area contributed by atoms with Gasteiger partial charge < -0.3 is 5.32 Å². The third-order valence-corrected chi connectivity index (χ3v) is 3.97. The summed E-state index contributed by atoms with van der Waals surface area (Å²) in [5.41, 5.74) is 5.09. The number of nitrogens with zero attached hydrogens (tertiary/aromatic N) is 2. The van der Waals surface area contributed by atoms with Crippen LogP contribution >= 0.6 is 0 Å². The minimum atomic E-state index is 0.465. The number of nitrogens with one attached hydrogen (secondary N) is 2. The van der Waals surface area contributed by atoms with Crippen LogP contribution in [0.2, 0.25) is 0 Å². The summed E-state index contributed by atoms with van der Waals surface area (Å²) in [5, 5.41) is 10.4. The largest absolute Gasteiger partial charge is 0.382 e. The Bertz CT molecular complexity index is 724. The van der Waals surface area contributed by atoms with Gasteiger partial charge in [0.15, 0.2) is 5.82 Å². The Kier molecular flexibility index (Phi) is 2.92. The van der Waals surface area contributed by atoms with Crippen LogP contribution in [-0.4, -0.2) is 21.2 Å². The highest BCUT2D eigenvalue weighted by Crippen LogP contribution is 2.26. The van der Waals surface area contributed by atoms with Crippen LogP contribution in [0.4, 0.5) is 5.69 Å². The Morgan fingerprint density at radius 2 is 1.81 bits per heavy atom. The van der Waals surface area contributed by atoms with Gasteiger partial charge in [0.1, 0.15) is 6.33 Å². The van der Waals surface area contributed by atoms with E-state index in [0.717, 1.165) is 29.9 Å². The molecule has 4 heteroatoms.